The molecule has 0 atom stereocenters. The zero-order valence-electron chi connectivity index (χ0n) is 5.15. The van der Waals surface area contributed by atoms with Crippen LogP contribution in [0, 0.1) is 0 Å². The third-order valence-corrected chi connectivity index (χ3v) is 1.71. The van der Waals surface area contributed by atoms with Crippen LogP contribution >= 0.6 is 22.6 Å². The number of nitrogens with zero attached hydrogens (tertiary/aromatic N) is 1. The first-order valence-corrected chi connectivity index (χ1v) is 4.14. The standard InChI is InChI=1S/C5H3F3INO/c6-5(7,8)4-10-3(1-9)2-11-4/h2H,1H2. The van der Waals surface area contributed by atoms with Gasteiger partial charge in [-0.1, -0.05) is 22.6 Å². The van der Waals surface area contributed by atoms with E-state index in [1.807, 2.05) is 22.6 Å². The molecule has 0 unspecified atom stereocenters. The van der Waals surface area contributed by atoms with Gasteiger partial charge in [0.2, 0.25) is 0 Å². The van der Waals surface area contributed by atoms with E-state index in [1.165, 1.54) is 0 Å². The highest BCUT2D eigenvalue weighted by molar-refractivity contribution is 14.1. The van der Waals surface area contributed by atoms with E-state index < -0.39 is 12.1 Å². The monoisotopic (exact) mass is 277 g/mol. The topological polar surface area (TPSA) is 26.0 Å². The summed E-state index contributed by atoms with van der Waals surface area (Å²) in [5, 5.41) is 0. The molecule has 0 aromatic carbocycles. The molecule has 11 heavy (non-hydrogen) atoms. The van der Waals surface area contributed by atoms with Gasteiger partial charge in [-0.25, -0.2) is 4.98 Å². The summed E-state index contributed by atoms with van der Waals surface area (Å²) in [5.41, 5.74) is 0.304. The van der Waals surface area contributed by atoms with E-state index in [9.17, 15) is 13.2 Å². The van der Waals surface area contributed by atoms with E-state index in [4.69, 9.17) is 0 Å². The molecule has 0 aliphatic heterocycles. The van der Waals surface area contributed by atoms with Crippen molar-refractivity contribution >= 4 is 22.6 Å². The Morgan fingerprint density at radius 3 is 2.45 bits per heavy atom. The maximum atomic E-state index is 11.8. The highest BCUT2D eigenvalue weighted by Gasteiger charge is 2.36. The molecule has 0 saturated heterocycles. The van der Waals surface area contributed by atoms with Gasteiger partial charge in [0.1, 0.15) is 6.26 Å². The third kappa shape index (κ3) is 2.08. The van der Waals surface area contributed by atoms with Gasteiger partial charge in [-0.05, 0) is 0 Å². The molecular weight excluding hydrogens is 274 g/mol. The molecule has 1 aromatic rings. The average molecular weight is 277 g/mol. The number of aromatic nitrogens is 1. The van der Waals surface area contributed by atoms with Gasteiger partial charge >= 0.3 is 12.1 Å². The molecule has 6 heteroatoms. The maximum Gasteiger partial charge on any atom is 0.468 e. The number of hydrogen-bond donors (Lipinski definition) is 0. The van der Waals surface area contributed by atoms with E-state index in [1.54, 1.807) is 0 Å². The van der Waals surface area contributed by atoms with Crippen LogP contribution in [0.2, 0.25) is 0 Å². The number of halogens is 4. The highest BCUT2D eigenvalue weighted by atomic mass is 127. The predicted octanol–water partition coefficient (Wildman–Crippen LogP) is 2.63. The van der Waals surface area contributed by atoms with E-state index in [0.29, 0.717) is 10.1 Å². The summed E-state index contributed by atoms with van der Waals surface area (Å²) in [6.07, 6.45) is -3.46. The van der Waals surface area contributed by atoms with Gasteiger partial charge in [-0.15, -0.1) is 0 Å². The van der Waals surface area contributed by atoms with Gasteiger partial charge in [0.25, 0.3) is 0 Å². The van der Waals surface area contributed by atoms with Crippen LogP contribution in [0.5, 0.6) is 0 Å². The molecule has 0 saturated carbocycles. The van der Waals surface area contributed by atoms with Crippen molar-refractivity contribution in [2.75, 3.05) is 0 Å². The molecule has 2 nitrogen and oxygen atoms in total. The van der Waals surface area contributed by atoms with E-state index in [2.05, 4.69) is 9.40 Å². The van der Waals surface area contributed by atoms with Crippen LogP contribution in [0.3, 0.4) is 0 Å². The van der Waals surface area contributed by atoms with Crippen molar-refractivity contribution in [1.82, 2.24) is 4.98 Å². The summed E-state index contributed by atoms with van der Waals surface area (Å²) in [6.45, 7) is 0. The van der Waals surface area contributed by atoms with E-state index in [-0.39, 0.29) is 0 Å². The smallest absolute Gasteiger partial charge is 0.441 e. The first-order valence-electron chi connectivity index (χ1n) is 2.61. The number of alkyl halides is 4. The predicted molar refractivity (Wildman–Crippen MR) is 39.2 cm³/mol. The Morgan fingerprint density at radius 1 is 1.55 bits per heavy atom. The zero-order chi connectivity index (χ0) is 8.48. The second-order valence-corrected chi connectivity index (χ2v) is 2.54. The summed E-state index contributed by atoms with van der Waals surface area (Å²) in [7, 11) is 0. The lowest BCUT2D eigenvalue weighted by atomic mass is 10.6. The van der Waals surface area contributed by atoms with Crippen molar-refractivity contribution in [2.24, 2.45) is 0 Å². The molecule has 0 radical (unpaired) electrons. The summed E-state index contributed by atoms with van der Waals surface area (Å²) < 4.78 is 39.9. The van der Waals surface area contributed by atoms with Crippen LogP contribution in [-0.4, -0.2) is 4.98 Å². The third-order valence-electron chi connectivity index (χ3n) is 0.931. The molecule has 0 spiro atoms. The van der Waals surface area contributed by atoms with Crippen LogP contribution in [-0.2, 0) is 10.6 Å². The van der Waals surface area contributed by atoms with Gasteiger partial charge in [0.05, 0.1) is 5.69 Å². The largest absolute Gasteiger partial charge is 0.468 e. The van der Waals surface area contributed by atoms with Crippen LogP contribution in [0.1, 0.15) is 11.6 Å². The van der Waals surface area contributed by atoms with Crippen LogP contribution in [0.4, 0.5) is 13.2 Å². The normalized spacial score (nSPS) is 12.0. The highest BCUT2D eigenvalue weighted by Crippen LogP contribution is 2.28. The van der Waals surface area contributed by atoms with E-state index in [0.717, 1.165) is 6.26 Å². The zero-order valence-corrected chi connectivity index (χ0v) is 7.31. The second kappa shape index (κ2) is 3.00. The first kappa shape index (κ1) is 8.82. The van der Waals surface area contributed by atoms with Crippen molar-refractivity contribution < 1.29 is 17.6 Å². The van der Waals surface area contributed by atoms with Gasteiger partial charge < -0.3 is 4.42 Å². The van der Waals surface area contributed by atoms with Crippen LogP contribution < -0.4 is 0 Å². The molecule has 0 fully saturated rings. The Kier molecular flexibility index (Phi) is 2.40. The fourth-order valence-corrected chi connectivity index (χ4v) is 0.849. The van der Waals surface area contributed by atoms with Crippen molar-refractivity contribution in [1.29, 1.82) is 0 Å². The summed E-state index contributed by atoms with van der Waals surface area (Å²) >= 11 is 1.90. The Labute approximate surface area is 73.9 Å². The molecule has 0 N–H and O–H groups in total. The summed E-state index contributed by atoms with van der Waals surface area (Å²) in [5.74, 6) is -1.18. The molecule has 0 aliphatic rings. The average Bonchev–Trinajstić information content (AvgIpc) is 2.32. The van der Waals surface area contributed by atoms with Gasteiger partial charge in [0.15, 0.2) is 0 Å². The minimum Gasteiger partial charge on any atom is -0.441 e. The molecule has 1 rings (SSSR count). The van der Waals surface area contributed by atoms with Crippen LogP contribution in [0.25, 0.3) is 0 Å². The summed E-state index contributed by atoms with van der Waals surface area (Å²) in [6, 6.07) is 0. The number of hydrogen-bond acceptors (Lipinski definition) is 2. The Bertz CT molecular complexity index is 244. The van der Waals surface area contributed by atoms with Crippen molar-refractivity contribution in [3.63, 3.8) is 0 Å². The van der Waals surface area contributed by atoms with Crippen LogP contribution in [0.15, 0.2) is 10.7 Å². The lowest BCUT2D eigenvalue weighted by molar-refractivity contribution is -0.157. The Balaban J connectivity index is 2.89. The number of oxazole rings is 1. The molecule has 0 amide bonds. The summed E-state index contributed by atoms with van der Waals surface area (Å²) in [4.78, 5) is 3.20. The Hall–Kier alpha value is -0.270. The molecule has 62 valence electrons. The number of rotatable bonds is 1. The van der Waals surface area contributed by atoms with Crippen molar-refractivity contribution in [3.05, 3.63) is 17.8 Å². The molecular formula is C5H3F3INO. The molecule has 1 aromatic heterocycles. The minimum atomic E-state index is -4.47. The SMILES string of the molecule is FC(F)(F)c1nc(CI)co1. The molecule has 1 heterocycles. The van der Waals surface area contributed by atoms with Gasteiger partial charge in [-0.2, -0.15) is 13.2 Å². The quantitative estimate of drug-likeness (QED) is 0.582. The van der Waals surface area contributed by atoms with Gasteiger partial charge in [-0.3, -0.25) is 0 Å². The molecule has 0 aliphatic carbocycles. The van der Waals surface area contributed by atoms with Crippen molar-refractivity contribution in [2.45, 2.75) is 10.6 Å². The maximum absolute atomic E-state index is 11.8. The van der Waals surface area contributed by atoms with Gasteiger partial charge in [0, 0.05) is 4.43 Å². The lowest BCUT2D eigenvalue weighted by Gasteiger charge is -1.97. The first-order chi connectivity index (χ1) is 5.04. The Morgan fingerprint density at radius 2 is 2.18 bits per heavy atom. The fourth-order valence-electron chi connectivity index (χ4n) is 0.499. The van der Waals surface area contributed by atoms with Crippen molar-refractivity contribution in [3.8, 4) is 0 Å². The van der Waals surface area contributed by atoms with E-state index >= 15 is 0 Å². The fraction of sp³-hybridized carbons (Fsp3) is 0.400. The molecule has 0 bridgehead atoms. The minimum absolute atomic E-state index is 0.304. The second-order valence-electron chi connectivity index (χ2n) is 1.78. The lowest BCUT2D eigenvalue weighted by Crippen LogP contribution is -2.04.